The lowest BCUT2D eigenvalue weighted by molar-refractivity contribution is -0.0790. The van der Waals surface area contributed by atoms with Crippen LogP contribution in [0, 0.1) is 0 Å². The molecule has 5 N–H and O–H groups in total. The van der Waals surface area contributed by atoms with Gasteiger partial charge in [-0.2, -0.15) is 0 Å². The number of thioether (sulfide) groups is 1. The molecule has 4 atom stereocenters. The van der Waals surface area contributed by atoms with Crippen LogP contribution in [-0.2, 0) is 0 Å². The molecular weight excluding hydrogens is 256 g/mol. The van der Waals surface area contributed by atoms with E-state index in [2.05, 4.69) is 0 Å². The summed E-state index contributed by atoms with van der Waals surface area (Å²) in [4.78, 5) is 0.835. The third-order valence-corrected chi connectivity index (χ3v) is 3.80. The zero-order chi connectivity index (χ0) is 13.5. The maximum Gasteiger partial charge on any atom is 0.109 e. The van der Waals surface area contributed by atoms with Gasteiger partial charge in [-0.3, -0.25) is 0 Å². The normalized spacial score (nSPS) is 18.1. The molecule has 0 heterocycles. The lowest BCUT2D eigenvalue weighted by atomic mass is 10.1. The van der Waals surface area contributed by atoms with Gasteiger partial charge in [-0.25, -0.2) is 0 Å². The number of rotatable bonds is 7. The first-order valence-corrected chi connectivity index (χ1v) is 6.45. The fraction of sp³-hybridized carbons (Fsp3) is 0.500. The zero-order valence-electron chi connectivity index (χ0n) is 9.75. The molecule has 0 amide bonds. The second-order valence-electron chi connectivity index (χ2n) is 3.88. The summed E-state index contributed by atoms with van der Waals surface area (Å²) in [6.45, 7) is -0.998. The fourth-order valence-corrected chi connectivity index (χ4v) is 2.48. The number of hydrogen-bond donors (Lipinski definition) is 5. The summed E-state index contributed by atoms with van der Waals surface area (Å²) in [5, 5.41) is 45.9. The standard InChI is InChI=1S/C12H18O5S/c13-6-9(15)11(16)12(17)10(7-14)18-8-4-2-1-3-5-8/h1-5,9-17H,6-7H2/t9-,10+,11-,12-/m1/s1. The number of aliphatic hydroxyl groups is 5. The summed E-state index contributed by atoms with van der Waals surface area (Å²) >= 11 is 1.20. The predicted molar refractivity (Wildman–Crippen MR) is 68.3 cm³/mol. The summed E-state index contributed by atoms with van der Waals surface area (Å²) in [5.41, 5.74) is 0. The summed E-state index contributed by atoms with van der Waals surface area (Å²) in [6, 6.07) is 9.12. The molecule has 0 saturated carbocycles. The van der Waals surface area contributed by atoms with Gasteiger partial charge in [0.1, 0.15) is 12.2 Å². The van der Waals surface area contributed by atoms with E-state index in [4.69, 9.17) is 5.11 Å². The Bertz CT molecular complexity index is 334. The quantitative estimate of drug-likeness (QED) is 0.418. The van der Waals surface area contributed by atoms with E-state index in [0.717, 1.165) is 4.90 Å². The number of benzene rings is 1. The van der Waals surface area contributed by atoms with E-state index < -0.39 is 30.2 Å². The van der Waals surface area contributed by atoms with Crippen molar-refractivity contribution in [2.45, 2.75) is 28.5 Å². The van der Waals surface area contributed by atoms with Crippen LogP contribution in [-0.4, -0.2) is 62.3 Å². The zero-order valence-corrected chi connectivity index (χ0v) is 10.6. The van der Waals surface area contributed by atoms with E-state index in [0.29, 0.717) is 0 Å². The van der Waals surface area contributed by atoms with Gasteiger partial charge in [-0.05, 0) is 12.1 Å². The van der Waals surface area contributed by atoms with Crippen molar-refractivity contribution < 1.29 is 25.5 Å². The Labute approximate surface area is 110 Å². The molecule has 0 aliphatic heterocycles. The first-order valence-electron chi connectivity index (χ1n) is 5.57. The minimum absolute atomic E-state index is 0.351. The van der Waals surface area contributed by atoms with Gasteiger partial charge < -0.3 is 25.5 Å². The van der Waals surface area contributed by atoms with Crippen LogP contribution in [0.4, 0.5) is 0 Å². The maximum absolute atomic E-state index is 9.84. The average Bonchev–Trinajstić information content (AvgIpc) is 2.43. The molecule has 102 valence electrons. The molecule has 0 bridgehead atoms. The molecule has 0 spiro atoms. The van der Waals surface area contributed by atoms with Crippen molar-refractivity contribution in [3.05, 3.63) is 30.3 Å². The minimum Gasteiger partial charge on any atom is -0.395 e. The molecule has 1 rings (SSSR count). The van der Waals surface area contributed by atoms with Crippen LogP contribution >= 0.6 is 11.8 Å². The van der Waals surface area contributed by atoms with Crippen molar-refractivity contribution in [1.29, 1.82) is 0 Å². The molecule has 0 fully saturated rings. The van der Waals surface area contributed by atoms with E-state index >= 15 is 0 Å². The van der Waals surface area contributed by atoms with E-state index in [9.17, 15) is 20.4 Å². The van der Waals surface area contributed by atoms with Crippen LogP contribution in [0.15, 0.2) is 35.2 Å². The Morgan fingerprint density at radius 3 is 2.00 bits per heavy atom. The molecule has 0 aromatic heterocycles. The second kappa shape index (κ2) is 7.73. The number of hydrogen-bond acceptors (Lipinski definition) is 6. The van der Waals surface area contributed by atoms with Crippen molar-refractivity contribution >= 4 is 11.8 Å². The largest absolute Gasteiger partial charge is 0.395 e. The van der Waals surface area contributed by atoms with Crippen molar-refractivity contribution in [3.8, 4) is 0 Å². The van der Waals surface area contributed by atoms with Crippen molar-refractivity contribution in [3.63, 3.8) is 0 Å². The molecule has 1 aromatic rings. The van der Waals surface area contributed by atoms with Crippen molar-refractivity contribution in [1.82, 2.24) is 0 Å². The van der Waals surface area contributed by atoms with Gasteiger partial charge in [-0.1, -0.05) is 18.2 Å². The number of aliphatic hydroxyl groups excluding tert-OH is 5. The van der Waals surface area contributed by atoms with Gasteiger partial charge in [0.25, 0.3) is 0 Å². The van der Waals surface area contributed by atoms with Gasteiger partial charge >= 0.3 is 0 Å². The van der Waals surface area contributed by atoms with Crippen LogP contribution < -0.4 is 0 Å². The topological polar surface area (TPSA) is 101 Å². The van der Waals surface area contributed by atoms with Gasteiger partial charge in [0.15, 0.2) is 0 Å². The summed E-state index contributed by atoms with van der Waals surface area (Å²) in [5.74, 6) is 0. The Hall–Kier alpha value is -0.630. The van der Waals surface area contributed by atoms with E-state index in [1.54, 1.807) is 0 Å². The highest BCUT2D eigenvalue weighted by Crippen LogP contribution is 2.26. The molecule has 0 saturated heterocycles. The first kappa shape index (κ1) is 15.4. The van der Waals surface area contributed by atoms with E-state index in [1.807, 2.05) is 30.3 Å². The van der Waals surface area contributed by atoms with Crippen LogP contribution in [0.5, 0.6) is 0 Å². The summed E-state index contributed by atoms with van der Waals surface area (Å²) in [6.07, 6.45) is -4.25. The molecule has 0 unspecified atom stereocenters. The van der Waals surface area contributed by atoms with Gasteiger partial charge in [0.2, 0.25) is 0 Å². The summed E-state index contributed by atoms with van der Waals surface area (Å²) in [7, 11) is 0. The molecule has 0 radical (unpaired) electrons. The maximum atomic E-state index is 9.84. The molecule has 1 aromatic carbocycles. The minimum atomic E-state index is -1.50. The van der Waals surface area contributed by atoms with Crippen LogP contribution in [0.3, 0.4) is 0 Å². The highest BCUT2D eigenvalue weighted by Gasteiger charge is 2.31. The van der Waals surface area contributed by atoms with Crippen LogP contribution in [0.2, 0.25) is 0 Å². The third kappa shape index (κ3) is 4.24. The Balaban J connectivity index is 2.65. The van der Waals surface area contributed by atoms with Gasteiger partial charge in [0.05, 0.1) is 24.6 Å². The lowest BCUT2D eigenvalue weighted by Gasteiger charge is -2.27. The fourth-order valence-electron chi connectivity index (χ4n) is 1.44. The second-order valence-corrected chi connectivity index (χ2v) is 5.20. The Morgan fingerprint density at radius 2 is 1.50 bits per heavy atom. The van der Waals surface area contributed by atoms with E-state index in [1.165, 1.54) is 11.8 Å². The molecule has 5 nitrogen and oxygen atoms in total. The van der Waals surface area contributed by atoms with Crippen LogP contribution in [0.25, 0.3) is 0 Å². The lowest BCUT2D eigenvalue weighted by Crippen LogP contribution is -2.45. The van der Waals surface area contributed by atoms with Crippen molar-refractivity contribution in [2.75, 3.05) is 13.2 Å². The third-order valence-electron chi connectivity index (χ3n) is 2.52. The van der Waals surface area contributed by atoms with Gasteiger partial charge in [0, 0.05) is 4.90 Å². The van der Waals surface area contributed by atoms with Crippen molar-refractivity contribution in [2.24, 2.45) is 0 Å². The highest BCUT2D eigenvalue weighted by atomic mass is 32.2. The molecule has 0 aliphatic carbocycles. The smallest absolute Gasteiger partial charge is 0.109 e. The molecular formula is C12H18O5S. The SMILES string of the molecule is OC[C@@H](O)[C@@H](O)[C@H](O)[C@H](CO)Sc1ccccc1. The first-order chi connectivity index (χ1) is 8.60. The average molecular weight is 274 g/mol. The van der Waals surface area contributed by atoms with E-state index in [-0.39, 0.29) is 6.61 Å². The molecule has 6 heteroatoms. The molecule has 0 aliphatic rings. The van der Waals surface area contributed by atoms with Gasteiger partial charge in [-0.15, -0.1) is 11.8 Å². The molecule has 18 heavy (non-hydrogen) atoms. The Kier molecular flexibility index (Phi) is 6.62. The predicted octanol–water partition coefficient (Wildman–Crippen LogP) is -0.785. The Morgan fingerprint density at radius 1 is 0.889 bits per heavy atom. The van der Waals surface area contributed by atoms with Crippen LogP contribution in [0.1, 0.15) is 0 Å². The highest BCUT2D eigenvalue weighted by molar-refractivity contribution is 8.00. The summed E-state index contributed by atoms with van der Waals surface area (Å²) < 4.78 is 0. The monoisotopic (exact) mass is 274 g/mol.